The van der Waals surface area contributed by atoms with Crippen molar-refractivity contribution in [2.24, 2.45) is 5.92 Å². The smallest absolute Gasteiger partial charge is 0.272 e. The summed E-state index contributed by atoms with van der Waals surface area (Å²) >= 11 is 4.35. The van der Waals surface area contributed by atoms with Crippen LogP contribution < -0.4 is 4.90 Å². The zero-order valence-electron chi connectivity index (χ0n) is 24.0. The monoisotopic (exact) mass is 557 g/mol. The molecule has 0 unspecified atom stereocenters. The fourth-order valence-corrected chi connectivity index (χ4v) is 6.17. The molecule has 0 atom stereocenters. The summed E-state index contributed by atoms with van der Waals surface area (Å²) in [7, 11) is 0. The van der Waals surface area contributed by atoms with Crippen LogP contribution in [0.2, 0.25) is 0 Å². The average Bonchev–Trinajstić information content (AvgIpc) is 3.00. The minimum absolute atomic E-state index is 0.0104. The average molecular weight is 558 g/mol. The Hall–Kier alpha value is -2.90. The van der Waals surface area contributed by atoms with Crippen molar-refractivity contribution in [2.45, 2.75) is 69.4 Å². The van der Waals surface area contributed by atoms with Crippen molar-refractivity contribution in [3.63, 3.8) is 0 Å². The van der Waals surface area contributed by atoms with E-state index in [4.69, 9.17) is 0 Å². The van der Waals surface area contributed by atoms with E-state index >= 15 is 0 Å². The van der Waals surface area contributed by atoms with E-state index in [0.717, 1.165) is 68.9 Å². The molecule has 0 aliphatic carbocycles. The van der Waals surface area contributed by atoms with Crippen LogP contribution in [0.3, 0.4) is 0 Å². The highest BCUT2D eigenvalue weighted by molar-refractivity contribution is 7.80. The van der Waals surface area contributed by atoms with E-state index in [9.17, 15) is 4.79 Å². The van der Waals surface area contributed by atoms with Crippen LogP contribution in [-0.2, 0) is 6.54 Å². The molecule has 7 heteroatoms. The number of nitrogens with zero attached hydrogens (tertiary/aromatic N) is 5. The number of pyridine rings is 2. The maximum Gasteiger partial charge on any atom is 0.272 e. The van der Waals surface area contributed by atoms with Gasteiger partial charge in [-0.25, -0.2) is 4.98 Å². The van der Waals surface area contributed by atoms with Gasteiger partial charge in [-0.05, 0) is 98.0 Å². The lowest BCUT2D eigenvalue weighted by Crippen LogP contribution is -2.47. The number of rotatable bonds is 9. The number of anilines is 1. The Morgan fingerprint density at radius 1 is 0.950 bits per heavy atom. The molecule has 1 amide bonds. The maximum absolute atomic E-state index is 13.7. The van der Waals surface area contributed by atoms with Crippen LogP contribution >= 0.6 is 12.6 Å². The quantitative estimate of drug-likeness (QED) is 0.313. The Balaban J connectivity index is 1.24. The summed E-state index contributed by atoms with van der Waals surface area (Å²) in [4.78, 5) is 30.2. The molecule has 2 aliphatic heterocycles. The highest BCUT2D eigenvalue weighted by Gasteiger charge is 2.29. The number of thiol groups is 1. The fraction of sp³-hybridized carbons (Fsp3) is 0.485. The predicted molar refractivity (Wildman–Crippen MR) is 165 cm³/mol. The number of benzene rings is 1. The zero-order chi connectivity index (χ0) is 27.9. The van der Waals surface area contributed by atoms with Crippen molar-refractivity contribution in [2.75, 3.05) is 37.6 Å². The molecule has 1 aromatic carbocycles. The van der Waals surface area contributed by atoms with Crippen LogP contribution in [0.15, 0.2) is 72.0 Å². The Bertz CT molecular complexity index is 1200. The third kappa shape index (κ3) is 7.43. The highest BCUT2D eigenvalue weighted by Crippen LogP contribution is 2.30. The maximum atomic E-state index is 13.7. The van der Waals surface area contributed by atoms with Crippen LogP contribution in [0.25, 0.3) is 0 Å². The summed E-state index contributed by atoms with van der Waals surface area (Å²) in [5.41, 5.74) is 4.32. The second-order valence-electron chi connectivity index (χ2n) is 11.8. The van der Waals surface area contributed by atoms with E-state index in [1.54, 1.807) is 12.3 Å². The molecule has 0 saturated carbocycles. The van der Waals surface area contributed by atoms with E-state index in [-0.39, 0.29) is 11.9 Å². The number of carbonyl (C=O) groups excluding carboxylic acids is 1. The topological polar surface area (TPSA) is 52.6 Å². The molecule has 2 aromatic heterocycles. The van der Waals surface area contributed by atoms with Crippen LogP contribution in [0.5, 0.6) is 0 Å². The van der Waals surface area contributed by atoms with Gasteiger partial charge >= 0.3 is 0 Å². The lowest BCUT2D eigenvalue weighted by atomic mass is 9.90. The van der Waals surface area contributed by atoms with E-state index in [1.165, 1.54) is 17.7 Å². The van der Waals surface area contributed by atoms with Crippen LogP contribution in [0.4, 0.5) is 5.69 Å². The standard InChI is InChI=1S/C33H43N5OS/c1-25(2)11-18-36-19-14-30(15-20-36)38(33(39)32-8-7-31(40)23-35-32)24-26-3-5-29(6-4-26)37-21-12-28(13-22-37)27-9-16-34-17-10-27/h3-10,16-17,23,25,28,30,40H,11-15,18-22,24H2,1-2H3. The predicted octanol–water partition coefficient (Wildman–Crippen LogP) is 6.30. The van der Waals surface area contributed by atoms with Crippen LogP contribution in [0, 0.1) is 5.92 Å². The molecule has 0 radical (unpaired) electrons. The van der Waals surface area contributed by atoms with Gasteiger partial charge in [0.15, 0.2) is 0 Å². The zero-order valence-corrected chi connectivity index (χ0v) is 24.8. The second-order valence-corrected chi connectivity index (χ2v) is 12.3. The molecule has 5 rings (SSSR count). The summed E-state index contributed by atoms with van der Waals surface area (Å²) in [6.07, 6.45) is 11.0. The Morgan fingerprint density at radius 3 is 2.27 bits per heavy atom. The van der Waals surface area contributed by atoms with Gasteiger partial charge in [-0.1, -0.05) is 26.0 Å². The van der Waals surface area contributed by atoms with Crippen molar-refractivity contribution in [1.82, 2.24) is 19.8 Å². The van der Waals surface area contributed by atoms with E-state index < -0.39 is 0 Å². The minimum atomic E-state index is 0.0104. The molecule has 212 valence electrons. The number of amides is 1. The van der Waals surface area contributed by atoms with E-state index in [0.29, 0.717) is 24.1 Å². The van der Waals surface area contributed by atoms with Gasteiger partial charge in [-0.3, -0.25) is 9.78 Å². The number of likely N-dealkylation sites (tertiary alicyclic amines) is 1. The lowest BCUT2D eigenvalue weighted by Gasteiger charge is -2.39. The third-order valence-electron chi connectivity index (χ3n) is 8.58. The molecule has 0 spiro atoms. The van der Waals surface area contributed by atoms with Crippen molar-refractivity contribution < 1.29 is 4.79 Å². The first-order valence-corrected chi connectivity index (χ1v) is 15.3. The number of carbonyl (C=O) groups is 1. The van der Waals surface area contributed by atoms with Crippen molar-refractivity contribution in [3.8, 4) is 0 Å². The second kappa shape index (κ2) is 13.6. The molecule has 3 aromatic rings. The molecule has 2 fully saturated rings. The molecular weight excluding hydrogens is 514 g/mol. The minimum Gasteiger partial charge on any atom is -0.371 e. The first-order chi connectivity index (χ1) is 19.5. The first-order valence-electron chi connectivity index (χ1n) is 14.9. The summed E-state index contributed by atoms with van der Waals surface area (Å²) in [5, 5.41) is 0. The summed E-state index contributed by atoms with van der Waals surface area (Å²) in [5.74, 6) is 1.34. The van der Waals surface area contributed by atoms with Crippen molar-refractivity contribution in [3.05, 3.63) is 83.9 Å². The van der Waals surface area contributed by atoms with Gasteiger partial charge in [0, 0.05) is 67.9 Å². The van der Waals surface area contributed by atoms with Gasteiger partial charge in [0.1, 0.15) is 5.69 Å². The summed E-state index contributed by atoms with van der Waals surface area (Å²) in [6.45, 7) is 10.5. The van der Waals surface area contributed by atoms with Gasteiger partial charge < -0.3 is 14.7 Å². The molecular formula is C33H43N5OS. The largest absolute Gasteiger partial charge is 0.371 e. The normalized spacial score (nSPS) is 17.4. The lowest BCUT2D eigenvalue weighted by molar-refractivity contribution is 0.0540. The fourth-order valence-electron chi connectivity index (χ4n) is 6.04. The van der Waals surface area contributed by atoms with Gasteiger partial charge in [-0.15, -0.1) is 12.6 Å². The van der Waals surface area contributed by atoms with Gasteiger partial charge in [0.2, 0.25) is 0 Å². The van der Waals surface area contributed by atoms with Crippen LogP contribution in [0.1, 0.15) is 73.5 Å². The Labute approximate surface area is 245 Å². The molecule has 2 aliphatic rings. The van der Waals surface area contributed by atoms with E-state index in [1.807, 2.05) is 18.5 Å². The Morgan fingerprint density at radius 2 is 1.65 bits per heavy atom. The van der Waals surface area contributed by atoms with Gasteiger partial charge in [0.05, 0.1) is 0 Å². The SMILES string of the molecule is CC(C)CCN1CCC(N(Cc2ccc(N3CCC(c4ccncc4)CC3)cc2)C(=O)c2ccc(S)cn2)CC1. The molecule has 4 heterocycles. The molecule has 40 heavy (non-hydrogen) atoms. The molecule has 0 N–H and O–H groups in total. The molecule has 2 saturated heterocycles. The van der Waals surface area contributed by atoms with E-state index in [2.05, 4.69) is 87.5 Å². The molecule has 6 nitrogen and oxygen atoms in total. The number of piperidine rings is 2. The number of hydrogen-bond donors (Lipinski definition) is 1. The molecule has 0 bridgehead atoms. The van der Waals surface area contributed by atoms with Crippen molar-refractivity contribution >= 4 is 24.2 Å². The summed E-state index contributed by atoms with van der Waals surface area (Å²) < 4.78 is 0. The first kappa shape index (κ1) is 28.6. The number of hydrogen-bond acceptors (Lipinski definition) is 6. The number of aromatic nitrogens is 2. The van der Waals surface area contributed by atoms with Crippen LogP contribution in [-0.4, -0.2) is 64.4 Å². The van der Waals surface area contributed by atoms with Crippen molar-refractivity contribution in [1.29, 1.82) is 0 Å². The van der Waals surface area contributed by atoms with Gasteiger partial charge in [0.25, 0.3) is 5.91 Å². The van der Waals surface area contributed by atoms with Gasteiger partial charge in [-0.2, -0.15) is 0 Å². The third-order valence-corrected chi connectivity index (χ3v) is 8.84. The highest BCUT2D eigenvalue weighted by atomic mass is 32.1. The summed E-state index contributed by atoms with van der Waals surface area (Å²) in [6, 6.07) is 17.0. The Kier molecular flexibility index (Phi) is 9.76.